The summed E-state index contributed by atoms with van der Waals surface area (Å²) in [6.45, 7) is 4.90. The third-order valence-electron chi connectivity index (χ3n) is 5.49. The molecule has 2 saturated heterocycles. The Morgan fingerprint density at radius 3 is 2.08 bits per heavy atom. The second-order valence-electron chi connectivity index (χ2n) is 7.44. The molecule has 2 fully saturated rings. The van der Waals surface area contributed by atoms with E-state index in [1.807, 2.05) is 11.0 Å². The molecule has 6 heteroatoms. The third kappa shape index (κ3) is 5.25. The van der Waals surface area contributed by atoms with Crippen molar-refractivity contribution < 1.29 is 15.3 Å². The molecule has 2 unspecified atom stereocenters. The van der Waals surface area contributed by atoms with Crippen molar-refractivity contribution in [2.24, 2.45) is 0 Å². The molecule has 2 aliphatic rings. The zero-order valence-corrected chi connectivity index (χ0v) is 15.8. The summed E-state index contributed by atoms with van der Waals surface area (Å²) >= 11 is 1.61. The number of aliphatic hydroxyl groups is 3. The van der Waals surface area contributed by atoms with Crippen molar-refractivity contribution in [1.82, 2.24) is 9.80 Å². The molecule has 0 radical (unpaired) electrons. The van der Waals surface area contributed by atoms with Crippen LogP contribution in [0.2, 0.25) is 0 Å². The molecule has 0 saturated carbocycles. The van der Waals surface area contributed by atoms with Gasteiger partial charge in [0.05, 0.1) is 6.04 Å². The minimum absolute atomic E-state index is 0.634. The van der Waals surface area contributed by atoms with E-state index in [0.717, 1.165) is 50.4 Å². The number of likely N-dealkylation sites (tertiary alicyclic amines) is 2. The Morgan fingerprint density at radius 2 is 1.44 bits per heavy atom. The highest BCUT2D eigenvalue weighted by Crippen LogP contribution is 2.31. The molecular weight excluding hydrogens is 336 g/mol. The number of piperidine rings is 1. The molecule has 0 bridgehead atoms. The van der Waals surface area contributed by atoms with Crippen LogP contribution in [0, 0.1) is 0 Å². The van der Waals surface area contributed by atoms with Crippen LogP contribution in [0.3, 0.4) is 0 Å². The highest BCUT2D eigenvalue weighted by atomic mass is 32.1. The third-order valence-corrected chi connectivity index (χ3v) is 6.63. The summed E-state index contributed by atoms with van der Waals surface area (Å²) in [7, 11) is 0. The van der Waals surface area contributed by atoms with E-state index in [9.17, 15) is 15.3 Å². The molecule has 5 nitrogen and oxygen atoms in total. The molecule has 142 valence electrons. The van der Waals surface area contributed by atoms with Gasteiger partial charge < -0.3 is 15.3 Å². The molecular formula is C19H32N2O3S. The average molecular weight is 369 g/mol. The molecule has 0 amide bonds. The van der Waals surface area contributed by atoms with Gasteiger partial charge in [-0.15, -0.1) is 11.3 Å². The molecule has 0 aromatic carbocycles. The Balaban J connectivity index is 1.64. The Kier molecular flexibility index (Phi) is 7.28. The van der Waals surface area contributed by atoms with Gasteiger partial charge in [0.2, 0.25) is 0 Å². The molecule has 1 aromatic heterocycles. The van der Waals surface area contributed by atoms with Crippen molar-refractivity contribution in [3.05, 3.63) is 21.9 Å². The van der Waals surface area contributed by atoms with Crippen LogP contribution in [-0.2, 0) is 6.54 Å². The smallest absolute Gasteiger partial charge is 0.170 e. The van der Waals surface area contributed by atoms with Crippen LogP contribution in [0.5, 0.6) is 0 Å². The van der Waals surface area contributed by atoms with Gasteiger partial charge in [-0.1, -0.05) is 19.3 Å². The SMILES string of the molecule is OC(O)C(C(O)c1ccc(CN2CCCCCC2)s1)N1CCCCC1. The monoisotopic (exact) mass is 368 g/mol. The number of aliphatic hydroxyl groups excluding tert-OH is 2. The van der Waals surface area contributed by atoms with E-state index in [4.69, 9.17) is 0 Å². The zero-order valence-electron chi connectivity index (χ0n) is 15.0. The van der Waals surface area contributed by atoms with E-state index in [0.29, 0.717) is 0 Å². The van der Waals surface area contributed by atoms with Gasteiger partial charge in [-0.3, -0.25) is 9.80 Å². The topological polar surface area (TPSA) is 67.2 Å². The minimum Gasteiger partial charge on any atom is -0.386 e. The van der Waals surface area contributed by atoms with E-state index in [-0.39, 0.29) is 0 Å². The highest BCUT2D eigenvalue weighted by molar-refractivity contribution is 7.12. The minimum atomic E-state index is -1.52. The summed E-state index contributed by atoms with van der Waals surface area (Å²) in [5.41, 5.74) is 0. The van der Waals surface area contributed by atoms with Crippen LogP contribution in [0.4, 0.5) is 0 Å². The molecule has 3 rings (SSSR count). The largest absolute Gasteiger partial charge is 0.386 e. The highest BCUT2D eigenvalue weighted by Gasteiger charge is 2.34. The lowest BCUT2D eigenvalue weighted by atomic mass is 10.0. The van der Waals surface area contributed by atoms with Crippen LogP contribution in [0.25, 0.3) is 0 Å². The first-order valence-electron chi connectivity index (χ1n) is 9.74. The molecule has 3 N–H and O–H groups in total. The molecule has 2 aliphatic heterocycles. The zero-order chi connectivity index (χ0) is 17.6. The molecule has 25 heavy (non-hydrogen) atoms. The number of nitrogens with zero attached hydrogens (tertiary/aromatic N) is 2. The summed E-state index contributed by atoms with van der Waals surface area (Å²) in [6, 6.07) is 3.41. The van der Waals surface area contributed by atoms with Gasteiger partial charge in [0.25, 0.3) is 0 Å². The van der Waals surface area contributed by atoms with E-state index < -0.39 is 18.4 Å². The fourth-order valence-corrected chi connectivity index (χ4v) is 5.17. The number of rotatable bonds is 6. The summed E-state index contributed by atoms with van der Waals surface area (Å²) in [4.78, 5) is 6.62. The second kappa shape index (κ2) is 9.44. The van der Waals surface area contributed by atoms with Crippen molar-refractivity contribution in [2.75, 3.05) is 26.2 Å². The van der Waals surface area contributed by atoms with Crippen LogP contribution >= 0.6 is 11.3 Å². The maximum atomic E-state index is 10.8. The Labute approximate surface area is 154 Å². The lowest BCUT2D eigenvalue weighted by Crippen LogP contribution is -2.49. The van der Waals surface area contributed by atoms with Crippen molar-refractivity contribution in [1.29, 1.82) is 0 Å². The second-order valence-corrected chi connectivity index (χ2v) is 8.64. The summed E-state index contributed by atoms with van der Waals surface area (Å²) in [5, 5.41) is 30.5. The van der Waals surface area contributed by atoms with E-state index in [1.54, 1.807) is 11.3 Å². The van der Waals surface area contributed by atoms with Crippen LogP contribution in [-0.4, -0.2) is 63.6 Å². The normalized spacial score (nSPS) is 23.5. The molecule has 1 aromatic rings. The van der Waals surface area contributed by atoms with Crippen molar-refractivity contribution in [3.8, 4) is 0 Å². The maximum Gasteiger partial charge on any atom is 0.170 e. The quantitative estimate of drug-likeness (QED) is 0.673. The Morgan fingerprint density at radius 1 is 0.840 bits per heavy atom. The standard InChI is InChI=1S/C19H32N2O3S/c22-18(17(19(23)24)21-12-6-3-7-13-21)16-9-8-15(25-16)14-20-10-4-1-2-5-11-20/h8-9,17-19,22-24H,1-7,10-14H2. The Hall–Kier alpha value is -0.500. The van der Waals surface area contributed by atoms with Gasteiger partial charge >= 0.3 is 0 Å². The first-order valence-corrected chi connectivity index (χ1v) is 10.6. The lowest BCUT2D eigenvalue weighted by molar-refractivity contribution is -0.137. The number of thiophene rings is 1. The average Bonchev–Trinajstić information content (AvgIpc) is 2.91. The predicted molar refractivity (Wildman–Crippen MR) is 100 cm³/mol. The molecule has 3 heterocycles. The van der Waals surface area contributed by atoms with Crippen molar-refractivity contribution in [3.63, 3.8) is 0 Å². The van der Waals surface area contributed by atoms with Gasteiger partial charge in [0.15, 0.2) is 6.29 Å². The van der Waals surface area contributed by atoms with E-state index in [2.05, 4.69) is 11.0 Å². The van der Waals surface area contributed by atoms with Crippen molar-refractivity contribution >= 4 is 11.3 Å². The van der Waals surface area contributed by atoms with Gasteiger partial charge in [-0.05, 0) is 64.0 Å². The maximum absolute atomic E-state index is 10.8. The van der Waals surface area contributed by atoms with E-state index >= 15 is 0 Å². The fourth-order valence-electron chi connectivity index (χ4n) is 4.09. The van der Waals surface area contributed by atoms with Gasteiger partial charge in [0, 0.05) is 16.3 Å². The number of hydrogen-bond donors (Lipinski definition) is 3. The first-order chi connectivity index (χ1) is 12.1. The van der Waals surface area contributed by atoms with Gasteiger partial charge in [-0.2, -0.15) is 0 Å². The van der Waals surface area contributed by atoms with Gasteiger partial charge in [-0.25, -0.2) is 0 Å². The first kappa shape index (κ1) is 19.3. The Bertz CT molecular complexity index is 509. The van der Waals surface area contributed by atoms with E-state index in [1.165, 1.54) is 37.0 Å². The summed E-state index contributed by atoms with van der Waals surface area (Å²) in [6.07, 6.45) is 6.13. The fraction of sp³-hybridized carbons (Fsp3) is 0.789. The van der Waals surface area contributed by atoms with Gasteiger partial charge in [0.1, 0.15) is 6.10 Å². The van der Waals surface area contributed by atoms with Crippen molar-refractivity contribution in [2.45, 2.75) is 69.9 Å². The lowest BCUT2D eigenvalue weighted by Gasteiger charge is -2.37. The molecule has 2 atom stereocenters. The molecule has 0 spiro atoms. The van der Waals surface area contributed by atoms with Crippen LogP contribution in [0.15, 0.2) is 12.1 Å². The summed E-state index contributed by atoms with van der Waals surface area (Å²) < 4.78 is 0. The summed E-state index contributed by atoms with van der Waals surface area (Å²) in [5.74, 6) is 0. The van der Waals surface area contributed by atoms with Crippen LogP contribution in [0.1, 0.15) is 60.8 Å². The van der Waals surface area contributed by atoms with Crippen LogP contribution < -0.4 is 0 Å². The molecule has 0 aliphatic carbocycles. The predicted octanol–water partition coefficient (Wildman–Crippen LogP) is 2.32. The number of hydrogen-bond acceptors (Lipinski definition) is 6.